The van der Waals surface area contributed by atoms with Crippen molar-refractivity contribution in [1.82, 2.24) is 9.97 Å². The monoisotopic (exact) mass is 342 g/mol. The fourth-order valence-electron chi connectivity index (χ4n) is 1.58. The maximum atomic E-state index is 13.4. The zero-order chi connectivity index (χ0) is 14.2. The van der Waals surface area contributed by atoms with Crippen LogP contribution in [0.1, 0.15) is 26.6 Å². The molecule has 2 rings (SSSR count). The van der Waals surface area contributed by atoms with Gasteiger partial charge in [-0.15, -0.1) is 0 Å². The molecule has 2 aromatic rings. The highest BCUT2D eigenvalue weighted by Crippen LogP contribution is 2.30. The van der Waals surface area contributed by atoms with Gasteiger partial charge in [-0.05, 0) is 40.2 Å². The van der Waals surface area contributed by atoms with Crippen LogP contribution in [0, 0.1) is 5.82 Å². The normalized spacial score (nSPS) is 11.7. The minimum atomic E-state index is -0.341. The Balaban J connectivity index is 2.63. The van der Waals surface area contributed by atoms with E-state index < -0.39 is 0 Å². The van der Waals surface area contributed by atoms with Gasteiger partial charge in [0.25, 0.3) is 0 Å². The summed E-state index contributed by atoms with van der Waals surface area (Å²) in [5.74, 6) is 0.337. The maximum absolute atomic E-state index is 13.4. The Kier molecular flexibility index (Phi) is 3.92. The van der Waals surface area contributed by atoms with E-state index in [4.69, 9.17) is 11.6 Å². The van der Waals surface area contributed by atoms with Crippen molar-refractivity contribution in [2.45, 2.75) is 26.2 Å². The van der Waals surface area contributed by atoms with Crippen LogP contribution in [0.25, 0.3) is 11.3 Å². The van der Waals surface area contributed by atoms with Crippen LogP contribution in [0.5, 0.6) is 0 Å². The standard InChI is InChI=1S/C14H13BrClFN2/c1-14(2,3)13-18-11(7-12(15)19-13)9-6-8(17)4-5-10(9)16/h4-7H,1-3H3. The van der Waals surface area contributed by atoms with Crippen molar-refractivity contribution in [3.8, 4) is 11.3 Å². The molecule has 0 radical (unpaired) electrons. The highest BCUT2D eigenvalue weighted by molar-refractivity contribution is 9.10. The van der Waals surface area contributed by atoms with E-state index in [-0.39, 0.29) is 11.2 Å². The molecule has 1 aromatic carbocycles. The van der Waals surface area contributed by atoms with Crippen molar-refractivity contribution in [1.29, 1.82) is 0 Å². The van der Waals surface area contributed by atoms with E-state index in [1.165, 1.54) is 18.2 Å². The molecule has 0 spiro atoms. The fraction of sp³-hybridized carbons (Fsp3) is 0.286. The summed E-state index contributed by atoms with van der Waals surface area (Å²) in [6.07, 6.45) is 0. The lowest BCUT2D eigenvalue weighted by Crippen LogP contribution is -2.16. The van der Waals surface area contributed by atoms with Crippen molar-refractivity contribution in [3.05, 3.63) is 45.5 Å². The molecule has 0 aliphatic carbocycles. The first-order valence-electron chi connectivity index (χ1n) is 5.78. The summed E-state index contributed by atoms with van der Waals surface area (Å²) in [4.78, 5) is 8.84. The molecule has 1 aromatic heterocycles. The number of hydrogen-bond acceptors (Lipinski definition) is 2. The largest absolute Gasteiger partial charge is 0.232 e. The number of nitrogens with zero attached hydrogens (tertiary/aromatic N) is 2. The van der Waals surface area contributed by atoms with Crippen molar-refractivity contribution in [2.24, 2.45) is 0 Å². The molecule has 2 nitrogen and oxygen atoms in total. The van der Waals surface area contributed by atoms with Crippen molar-refractivity contribution >= 4 is 27.5 Å². The highest BCUT2D eigenvalue weighted by atomic mass is 79.9. The molecule has 0 aliphatic rings. The molecule has 0 unspecified atom stereocenters. The molecule has 5 heteroatoms. The Morgan fingerprint density at radius 1 is 1.16 bits per heavy atom. The Bertz CT molecular complexity index is 623. The van der Waals surface area contributed by atoms with Crippen LogP contribution in [0.3, 0.4) is 0 Å². The van der Waals surface area contributed by atoms with E-state index in [2.05, 4.69) is 25.9 Å². The maximum Gasteiger partial charge on any atom is 0.135 e. The van der Waals surface area contributed by atoms with Gasteiger partial charge < -0.3 is 0 Å². The number of rotatable bonds is 1. The summed E-state index contributed by atoms with van der Waals surface area (Å²) in [5, 5.41) is 0.465. The smallest absolute Gasteiger partial charge is 0.135 e. The lowest BCUT2D eigenvalue weighted by Gasteiger charge is -2.17. The molecule has 19 heavy (non-hydrogen) atoms. The summed E-state index contributed by atoms with van der Waals surface area (Å²) in [6.45, 7) is 6.06. The number of halogens is 3. The minimum Gasteiger partial charge on any atom is -0.232 e. The molecule has 0 atom stereocenters. The molecule has 100 valence electrons. The van der Waals surface area contributed by atoms with Crippen LogP contribution in [-0.4, -0.2) is 9.97 Å². The van der Waals surface area contributed by atoms with E-state index >= 15 is 0 Å². The Morgan fingerprint density at radius 3 is 2.47 bits per heavy atom. The van der Waals surface area contributed by atoms with E-state index in [1.54, 1.807) is 6.07 Å². The molecule has 0 fully saturated rings. The number of benzene rings is 1. The van der Waals surface area contributed by atoms with Gasteiger partial charge in [-0.25, -0.2) is 14.4 Å². The van der Waals surface area contributed by atoms with Gasteiger partial charge in [0.15, 0.2) is 0 Å². The fourth-order valence-corrected chi connectivity index (χ4v) is 2.18. The molecule has 0 saturated carbocycles. The second kappa shape index (κ2) is 5.17. The van der Waals surface area contributed by atoms with E-state index in [0.29, 0.717) is 26.7 Å². The Morgan fingerprint density at radius 2 is 1.84 bits per heavy atom. The highest BCUT2D eigenvalue weighted by Gasteiger charge is 2.19. The van der Waals surface area contributed by atoms with Crippen LogP contribution in [0.2, 0.25) is 5.02 Å². The summed E-state index contributed by atoms with van der Waals surface area (Å²) in [6, 6.07) is 5.96. The quantitative estimate of drug-likeness (QED) is 0.681. The SMILES string of the molecule is CC(C)(C)c1nc(Br)cc(-c2cc(F)ccc2Cl)n1. The summed E-state index contributed by atoms with van der Waals surface area (Å²) in [7, 11) is 0. The van der Waals surface area contributed by atoms with Gasteiger partial charge in [0, 0.05) is 11.0 Å². The molecular formula is C14H13BrClFN2. The lowest BCUT2D eigenvalue weighted by atomic mass is 9.95. The minimum absolute atomic E-state index is 0.196. The molecule has 0 amide bonds. The van der Waals surface area contributed by atoms with Crippen LogP contribution in [0.15, 0.2) is 28.9 Å². The first-order valence-corrected chi connectivity index (χ1v) is 6.95. The van der Waals surface area contributed by atoms with Gasteiger partial charge in [0.1, 0.15) is 16.2 Å². The number of aromatic nitrogens is 2. The predicted octanol–water partition coefficient (Wildman–Crippen LogP) is 5.00. The second-order valence-electron chi connectivity index (χ2n) is 5.27. The van der Waals surface area contributed by atoms with Gasteiger partial charge in [0.2, 0.25) is 0 Å². The molecular weight excluding hydrogens is 331 g/mol. The van der Waals surface area contributed by atoms with E-state index in [9.17, 15) is 4.39 Å². The third-order valence-corrected chi connectivity index (χ3v) is 3.31. The average Bonchev–Trinajstić information content (AvgIpc) is 2.30. The zero-order valence-corrected chi connectivity index (χ0v) is 13.2. The topological polar surface area (TPSA) is 25.8 Å². The van der Waals surface area contributed by atoms with Crippen LogP contribution < -0.4 is 0 Å². The van der Waals surface area contributed by atoms with Gasteiger partial charge >= 0.3 is 0 Å². The number of hydrogen-bond donors (Lipinski definition) is 0. The first kappa shape index (κ1) is 14.4. The summed E-state index contributed by atoms with van der Waals surface area (Å²) in [5.41, 5.74) is 0.977. The van der Waals surface area contributed by atoms with Crippen LogP contribution >= 0.6 is 27.5 Å². The van der Waals surface area contributed by atoms with Crippen molar-refractivity contribution in [2.75, 3.05) is 0 Å². The molecule has 0 aliphatic heterocycles. The van der Waals surface area contributed by atoms with Gasteiger partial charge in [-0.2, -0.15) is 0 Å². The third kappa shape index (κ3) is 3.31. The average molecular weight is 344 g/mol. The van der Waals surface area contributed by atoms with Crippen molar-refractivity contribution in [3.63, 3.8) is 0 Å². The van der Waals surface area contributed by atoms with E-state index in [0.717, 1.165) is 0 Å². The molecule has 0 N–H and O–H groups in total. The summed E-state index contributed by atoms with van der Waals surface area (Å²) < 4.78 is 14.0. The zero-order valence-electron chi connectivity index (χ0n) is 10.8. The van der Waals surface area contributed by atoms with Gasteiger partial charge in [-0.1, -0.05) is 32.4 Å². The molecule has 1 heterocycles. The third-order valence-electron chi connectivity index (χ3n) is 2.57. The molecule has 0 saturated heterocycles. The predicted molar refractivity (Wildman–Crippen MR) is 78.8 cm³/mol. The molecule has 0 bridgehead atoms. The van der Waals surface area contributed by atoms with Gasteiger partial charge in [-0.3, -0.25) is 0 Å². The Labute approximate surface area is 125 Å². The lowest BCUT2D eigenvalue weighted by molar-refractivity contribution is 0.544. The van der Waals surface area contributed by atoms with E-state index in [1.807, 2.05) is 20.8 Å². The first-order chi connectivity index (χ1) is 8.77. The van der Waals surface area contributed by atoms with Crippen molar-refractivity contribution < 1.29 is 4.39 Å². The van der Waals surface area contributed by atoms with Crippen LogP contribution in [0.4, 0.5) is 4.39 Å². The second-order valence-corrected chi connectivity index (χ2v) is 6.49. The van der Waals surface area contributed by atoms with Crippen LogP contribution in [-0.2, 0) is 5.41 Å². The van der Waals surface area contributed by atoms with Gasteiger partial charge in [0.05, 0.1) is 10.7 Å². The summed E-state index contributed by atoms with van der Waals surface area (Å²) >= 11 is 9.47. The Hall–Kier alpha value is -1.000.